The molecule has 144 valence electrons. The normalized spacial score (nSPS) is 22.5. The molecule has 2 aliphatic heterocycles. The summed E-state index contributed by atoms with van der Waals surface area (Å²) in [4.78, 5) is 16.8. The van der Waals surface area contributed by atoms with E-state index in [-0.39, 0.29) is 30.7 Å². The van der Waals surface area contributed by atoms with E-state index in [0.717, 1.165) is 31.9 Å². The van der Waals surface area contributed by atoms with Crippen molar-refractivity contribution in [3.63, 3.8) is 0 Å². The summed E-state index contributed by atoms with van der Waals surface area (Å²) in [6, 6.07) is 0.367. The van der Waals surface area contributed by atoms with E-state index in [2.05, 4.69) is 34.5 Å². The van der Waals surface area contributed by atoms with Crippen molar-refractivity contribution in [3.8, 4) is 0 Å². The van der Waals surface area contributed by atoms with E-state index < -0.39 is 0 Å². The Morgan fingerprint density at radius 3 is 2.58 bits per heavy atom. The number of hydrogen-bond donors (Lipinski definition) is 2. The summed E-state index contributed by atoms with van der Waals surface area (Å²) in [6.45, 7) is 6.55. The van der Waals surface area contributed by atoms with Crippen molar-refractivity contribution in [1.29, 1.82) is 0 Å². The Morgan fingerprint density at radius 2 is 2.00 bits per heavy atom. The molecule has 8 heteroatoms. The lowest BCUT2D eigenvalue weighted by molar-refractivity contribution is -0.121. The maximum atomic E-state index is 12.0. The minimum absolute atomic E-state index is 0. The summed E-state index contributed by atoms with van der Waals surface area (Å²) in [7, 11) is 4.25. The van der Waals surface area contributed by atoms with Crippen LogP contribution in [0.5, 0.6) is 0 Å². The molecule has 1 amide bonds. The third-order valence-electron chi connectivity index (χ3n) is 4.59. The van der Waals surface area contributed by atoms with Gasteiger partial charge in [-0.2, -0.15) is 11.8 Å². The largest absolute Gasteiger partial charge is 0.356 e. The lowest BCUT2D eigenvalue weighted by Gasteiger charge is -2.32. The first-order chi connectivity index (χ1) is 10.6. The summed E-state index contributed by atoms with van der Waals surface area (Å²) in [5.41, 5.74) is 0. The molecule has 2 rings (SSSR count). The molecule has 0 aromatic rings. The molecule has 0 aromatic carbocycles. The van der Waals surface area contributed by atoms with Gasteiger partial charge < -0.3 is 20.4 Å². The molecule has 2 saturated heterocycles. The lowest BCUT2D eigenvalue weighted by Crippen LogP contribution is -2.43. The quantitative estimate of drug-likeness (QED) is 0.674. The molecular formula is C16H34Cl2N4OS. The van der Waals surface area contributed by atoms with Crippen LogP contribution in [0, 0.1) is 5.92 Å². The molecule has 2 N–H and O–H groups in total. The number of nitrogens with zero attached hydrogens (tertiary/aromatic N) is 2. The van der Waals surface area contributed by atoms with E-state index in [1.54, 1.807) is 0 Å². The number of likely N-dealkylation sites (tertiary alicyclic amines) is 1. The van der Waals surface area contributed by atoms with Gasteiger partial charge in [0.25, 0.3) is 0 Å². The molecule has 0 radical (unpaired) electrons. The molecule has 0 aliphatic carbocycles. The Bertz CT molecular complexity index is 336. The highest BCUT2D eigenvalue weighted by Gasteiger charge is 2.21. The minimum atomic E-state index is 0. The van der Waals surface area contributed by atoms with Crippen molar-refractivity contribution >= 4 is 42.5 Å². The molecule has 5 nitrogen and oxygen atoms in total. The highest BCUT2D eigenvalue weighted by atomic mass is 35.5. The second-order valence-corrected chi connectivity index (χ2v) is 7.97. The zero-order valence-corrected chi connectivity index (χ0v) is 17.4. The van der Waals surface area contributed by atoms with E-state index in [4.69, 9.17) is 0 Å². The summed E-state index contributed by atoms with van der Waals surface area (Å²) >= 11 is 1.95. The Morgan fingerprint density at radius 1 is 1.29 bits per heavy atom. The first-order valence-electron chi connectivity index (χ1n) is 8.58. The van der Waals surface area contributed by atoms with Crippen LogP contribution in [-0.2, 0) is 4.79 Å². The number of rotatable bonds is 7. The molecule has 1 unspecified atom stereocenters. The fourth-order valence-electron chi connectivity index (χ4n) is 3.06. The zero-order valence-electron chi connectivity index (χ0n) is 15.0. The number of piperidine rings is 1. The van der Waals surface area contributed by atoms with Crippen LogP contribution in [-0.4, -0.2) is 86.6 Å². The van der Waals surface area contributed by atoms with Gasteiger partial charge in [-0.05, 0) is 45.9 Å². The van der Waals surface area contributed by atoms with Crippen molar-refractivity contribution < 1.29 is 4.79 Å². The predicted octanol–water partition coefficient (Wildman–Crippen LogP) is 1.31. The molecule has 2 aliphatic rings. The van der Waals surface area contributed by atoms with E-state index >= 15 is 0 Å². The van der Waals surface area contributed by atoms with E-state index in [9.17, 15) is 4.79 Å². The molecular weight excluding hydrogens is 367 g/mol. The summed E-state index contributed by atoms with van der Waals surface area (Å²) in [5, 5.41) is 6.57. The van der Waals surface area contributed by atoms with Crippen LogP contribution in [0.4, 0.5) is 0 Å². The molecule has 1 atom stereocenters. The van der Waals surface area contributed by atoms with Crippen LogP contribution >= 0.6 is 36.6 Å². The van der Waals surface area contributed by atoms with Crippen molar-refractivity contribution in [2.45, 2.75) is 25.3 Å². The summed E-state index contributed by atoms with van der Waals surface area (Å²) in [6.07, 6.45) is 3.06. The van der Waals surface area contributed by atoms with E-state index in [0.29, 0.717) is 18.4 Å². The average Bonchev–Trinajstić information content (AvgIpc) is 2.53. The molecule has 24 heavy (non-hydrogen) atoms. The van der Waals surface area contributed by atoms with Crippen molar-refractivity contribution in [2.75, 3.05) is 64.9 Å². The fourth-order valence-corrected chi connectivity index (χ4v) is 4.01. The molecule has 0 spiro atoms. The first kappa shape index (κ1) is 24.3. The van der Waals surface area contributed by atoms with Gasteiger partial charge in [-0.15, -0.1) is 24.8 Å². The van der Waals surface area contributed by atoms with Gasteiger partial charge in [0.2, 0.25) is 5.91 Å². The Balaban J connectivity index is 0.00000264. The highest BCUT2D eigenvalue weighted by Crippen LogP contribution is 2.16. The summed E-state index contributed by atoms with van der Waals surface area (Å²) in [5.74, 6) is 3.12. The van der Waals surface area contributed by atoms with Crippen molar-refractivity contribution in [3.05, 3.63) is 0 Å². The maximum Gasteiger partial charge on any atom is 0.221 e. The molecule has 2 heterocycles. The zero-order chi connectivity index (χ0) is 15.8. The monoisotopic (exact) mass is 400 g/mol. The van der Waals surface area contributed by atoms with Gasteiger partial charge in [-0.1, -0.05) is 0 Å². The third-order valence-corrected chi connectivity index (χ3v) is 5.72. The minimum Gasteiger partial charge on any atom is -0.356 e. The van der Waals surface area contributed by atoms with E-state index in [1.807, 2.05) is 11.8 Å². The number of thioether (sulfide) groups is 1. The van der Waals surface area contributed by atoms with Crippen LogP contribution in [0.1, 0.15) is 19.3 Å². The standard InChI is InChI=1S/C16H32N4OS.2ClH/c1-19(2)8-9-20-6-3-14(4-7-20)12-18-16(21)11-15-13-22-10-5-17-15;;/h14-15,17H,3-13H2,1-2H3,(H,18,21);2*1H. The highest BCUT2D eigenvalue weighted by molar-refractivity contribution is 7.99. The maximum absolute atomic E-state index is 12.0. The Kier molecular flexibility index (Phi) is 13.6. The van der Waals surface area contributed by atoms with Gasteiger partial charge >= 0.3 is 0 Å². The smallest absolute Gasteiger partial charge is 0.221 e. The number of carbonyl (C=O) groups is 1. The number of halogens is 2. The van der Waals surface area contributed by atoms with Crippen molar-refractivity contribution in [2.24, 2.45) is 5.92 Å². The molecule has 2 fully saturated rings. The predicted molar refractivity (Wildman–Crippen MR) is 109 cm³/mol. The second-order valence-electron chi connectivity index (χ2n) is 6.82. The van der Waals surface area contributed by atoms with Crippen LogP contribution in [0.25, 0.3) is 0 Å². The number of carbonyl (C=O) groups excluding carboxylic acids is 1. The van der Waals surface area contributed by atoms with Gasteiger partial charge in [0, 0.05) is 50.1 Å². The van der Waals surface area contributed by atoms with Gasteiger partial charge in [-0.25, -0.2) is 0 Å². The number of hydrogen-bond acceptors (Lipinski definition) is 5. The number of likely N-dealkylation sites (N-methyl/N-ethyl adjacent to an activating group) is 1. The van der Waals surface area contributed by atoms with Gasteiger partial charge in [0.15, 0.2) is 0 Å². The first-order valence-corrected chi connectivity index (χ1v) is 9.74. The Hall–Kier alpha value is 0.280. The topological polar surface area (TPSA) is 47.6 Å². The number of nitrogens with one attached hydrogen (secondary N) is 2. The van der Waals surface area contributed by atoms with Crippen LogP contribution in [0.3, 0.4) is 0 Å². The molecule has 0 aromatic heterocycles. The lowest BCUT2D eigenvalue weighted by atomic mass is 9.96. The van der Waals surface area contributed by atoms with E-state index in [1.165, 1.54) is 31.7 Å². The van der Waals surface area contributed by atoms with Crippen LogP contribution < -0.4 is 10.6 Å². The Labute approximate surface area is 163 Å². The van der Waals surface area contributed by atoms with Gasteiger partial charge in [0.05, 0.1) is 0 Å². The van der Waals surface area contributed by atoms with Crippen LogP contribution in [0.15, 0.2) is 0 Å². The average molecular weight is 401 g/mol. The van der Waals surface area contributed by atoms with Gasteiger partial charge in [0.1, 0.15) is 0 Å². The van der Waals surface area contributed by atoms with Gasteiger partial charge in [-0.3, -0.25) is 4.79 Å². The van der Waals surface area contributed by atoms with Crippen molar-refractivity contribution in [1.82, 2.24) is 20.4 Å². The third kappa shape index (κ3) is 9.68. The molecule has 0 saturated carbocycles. The SMILES string of the molecule is CN(C)CCN1CCC(CNC(=O)CC2CSCCN2)CC1.Cl.Cl. The van der Waals surface area contributed by atoms with Crippen LogP contribution in [0.2, 0.25) is 0 Å². The fraction of sp³-hybridized carbons (Fsp3) is 0.938. The second kappa shape index (κ2) is 13.5. The number of amides is 1. The summed E-state index contributed by atoms with van der Waals surface area (Å²) < 4.78 is 0. The molecule has 0 bridgehead atoms.